The van der Waals surface area contributed by atoms with Gasteiger partial charge in [0.25, 0.3) is 10.1 Å². The molecule has 7 nitrogen and oxygen atoms in total. The van der Waals surface area contributed by atoms with Crippen LogP contribution in [0.5, 0.6) is 0 Å². The highest BCUT2D eigenvalue weighted by Gasteiger charge is 2.49. The van der Waals surface area contributed by atoms with Crippen molar-refractivity contribution < 1.29 is 32.0 Å². The van der Waals surface area contributed by atoms with E-state index in [1.807, 2.05) is 0 Å². The Balaban J connectivity index is 4.23. The lowest BCUT2D eigenvalue weighted by molar-refractivity contribution is -0.153. The molecule has 1 atom stereocenters. The smallest absolute Gasteiger partial charge is 0.330 e. The van der Waals surface area contributed by atoms with Crippen molar-refractivity contribution in [1.29, 1.82) is 0 Å². The Labute approximate surface area is 202 Å². The summed E-state index contributed by atoms with van der Waals surface area (Å²) < 4.78 is 41.2. The third-order valence-electron chi connectivity index (χ3n) is 5.97. The van der Waals surface area contributed by atoms with Gasteiger partial charge in [-0.3, -0.25) is 14.1 Å². The minimum atomic E-state index is -4.84. The maximum Gasteiger partial charge on any atom is 0.330 e. The van der Waals surface area contributed by atoms with Crippen LogP contribution in [0.25, 0.3) is 0 Å². The van der Waals surface area contributed by atoms with Gasteiger partial charge >= 0.3 is 11.9 Å². The monoisotopic (exact) mass is 492 g/mol. The maximum absolute atomic E-state index is 12.4. The van der Waals surface area contributed by atoms with Crippen LogP contribution in [0.3, 0.4) is 0 Å². The first-order valence-corrected chi connectivity index (χ1v) is 14.4. The number of unbranched alkanes of at least 4 members (excludes halogenated alkanes) is 14. The molecule has 0 aliphatic rings. The highest BCUT2D eigenvalue weighted by molar-refractivity contribution is 7.88. The van der Waals surface area contributed by atoms with Crippen molar-refractivity contribution in [1.82, 2.24) is 0 Å². The largest absolute Gasteiger partial charge is 0.466 e. The summed E-state index contributed by atoms with van der Waals surface area (Å²) in [7, 11) is -4.84. The van der Waals surface area contributed by atoms with Gasteiger partial charge in [0.15, 0.2) is 0 Å². The Morgan fingerprint density at radius 1 is 0.667 bits per heavy atom. The van der Waals surface area contributed by atoms with Gasteiger partial charge in [-0.1, -0.05) is 104 Å². The van der Waals surface area contributed by atoms with E-state index in [1.54, 1.807) is 0 Å². The number of esters is 2. The fourth-order valence-electron chi connectivity index (χ4n) is 3.57. The molecule has 0 fully saturated rings. The molecule has 196 valence electrons. The second-order valence-corrected chi connectivity index (χ2v) is 11.0. The molecule has 0 amide bonds. The highest BCUT2D eigenvalue weighted by Crippen LogP contribution is 2.24. The standard InChI is InChI=1S/C25H48O7S/c1-4-6-8-10-12-14-16-18-20-31-23(26)22-25(3,33(28,29)30)24(27)32-21-19-17-15-13-11-9-7-5-2/h4-22H2,1-3H3,(H,28,29,30). The van der Waals surface area contributed by atoms with Crippen LogP contribution < -0.4 is 0 Å². The molecule has 0 aromatic rings. The van der Waals surface area contributed by atoms with E-state index in [9.17, 15) is 22.6 Å². The molecule has 0 aromatic carbocycles. The number of carbonyl (C=O) groups excluding carboxylic acids is 2. The van der Waals surface area contributed by atoms with Crippen molar-refractivity contribution in [2.75, 3.05) is 13.2 Å². The molecule has 1 unspecified atom stereocenters. The van der Waals surface area contributed by atoms with Gasteiger partial charge in [-0.15, -0.1) is 0 Å². The zero-order valence-corrected chi connectivity index (χ0v) is 22.1. The van der Waals surface area contributed by atoms with Gasteiger partial charge in [0.2, 0.25) is 4.75 Å². The van der Waals surface area contributed by atoms with E-state index in [4.69, 9.17) is 9.47 Å². The molecule has 0 radical (unpaired) electrons. The topological polar surface area (TPSA) is 107 Å². The van der Waals surface area contributed by atoms with Gasteiger partial charge in [0.05, 0.1) is 19.6 Å². The average molecular weight is 493 g/mol. The first-order chi connectivity index (χ1) is 15.7. The van der Waals surface area contributed by atoms with E-state index in [-0.39, 0.29) is 13.2 Å². The van der Waals surface area contributed by atoms with E-state index >= 15 is 0 Å². The van der Waals surface area contributed by atoms with Gasteiger partial charge in [-0.2, -0.15) is 8.42 Å². The molecular weight excluding hydrogens is 444 g/mol. The first-order valence-electron chi connectivity index (χ1n) is 13.0. The number of carbonyl (C=O) groups is 2. The van der Waals surface area contributed by atoms with Crippen LogP contribution in [0.1, 0.15) is 130 Å². The van der Waals surface area contributed by atoms with E-state index in [1.165, 1.54) is 51.4 Å². The quantitative estimate of drug-likeness (QED) is 0.106. The molecule has 0 saturated heterocycles. The van der Waals surface area contributed by atoms with Crippen LogP contribution in [0, 0.1) is 0 Å². The Morgan fingerprint density at radius 2 is 1.03 bits per heavy atom. The van der Waals surface area contributed by atoms with E-state index in [2.05, 4.69) is 13.8 Å². The van der Waals surface area contributed by atoms with Gasteiger partial charge in [0.1, 0.15) is 0 Å². The summed E-state index contributed by atoms with van der Waals surface area (Å²) in [6.07, 6.45) is 16.5. The molecule has 0 spiro atoms. The fourth-order valence-corrected chi connectivity index (χ4v) is 4.14. The van der Waals surface area contributed by atoms with Gasteiger partial charge in [-0.25, -0.2) is 0 Å². The summed E-state index contributed by atoms with van der Waals surface area (Å²) in [5.74, 6) is -1.95. The zero-order chi connectivity index (χ0) is 25.0. The summed E-state index contributed by atoms with van der Waals surface area (Å²) in [5.41, 5.74) is 0. The first kappa shape index (κ1) is 31.9. The summed E-state index contributed by atoms with van der Waals surface area (Å²) >= 11 is 0. The van der Waals surface area contributed by atoms with Crippen LogP contribution in [-0.2, 0) is 29.2 Å². The second kappa shape index (κ2) is 19.2. The van der Waals surface area contributed by atoms with E-state index < -0.39 is 33.2 Å². The molecule has 0 aromatic heterocycles. The molecule has 0 bridgehead atoms. The van der Waals surface area contributed by atoms with Crippen molar-refractivity contribution in [2.24, 2.45) is 0 Å². The Kier molecular flexibility index (Phi) is 18.5. The summed E-state index contributed by atoms with van der Waals surface area (Å²) in [6, 6.07) is 0. The van der Waals surface area contributed by atoms with Crippen molar-refractivity contribution in [3.63, 3.8) is 0 Å². The SMILES string of the molecule is CCCCCCCCCCOC(=O)CC(C)(C(=O)OCCCCCCCCCC)S(=O)(=O)O. The number of hydrogen-bond acceptors (Lipinski definition) is 6. The lowest BCUT2D eigenvalue weighted by atomic mass is 10.1. The Bertz CT molecular complexity index is 618. The molecule has 0 aliphatic heterocycles. The van der Waals surface area contributed by atoms with Crippen molar-refractivity contribution in [3.05, 3.63) is 0 Å². The zero-order valence-electron chi connectivity index (χ0n) is 21.2. The van der Waals surface area contributed by atoms with E-state index in [0.29, 0.717) is 12.8 Å². The number of hydrogen-bond donors (Lipinski definition) is 1. The van der Waals surface area contributed by atoms with E-state index in [0.717, 1.165) is 45.4 Å². The van der Waals surface area contributed by atoms with Crippen LogP contribution in [0.2, 0.25) is 0 Å². The molecular formula is C25H48O7S. The molecule has 33 heavy (non-hydrogen) atoms. The van der Waals surface area contributed by atoms with Crippen molar-refractivity contribution >= 4 is 22.1 Å². The predicted octanol–water partition coefficient (Wildman–Crippen LogP) is 6.39. The van der Waals surface area contributed by atoms with Crippen molar-refractivity contribution in [3.8, 4) is 0 Å². The van der Waals surface area contributed by atoms with Crippen LogP contribution in [0.15, 0.2) is 0 Å². The lowest BCUT2D eigenvalue weighted by Gasteiger charge is -2.23. The average Bonchev–Trinajstić information content (AvgIpc) is 2.75. The second-order valence-electron chi connectivity index (χ2n) is 9.19. The maximum atomic E-state index is 12.4. The highest BCUT2D eigenvalue weighted by atomic mass is 32.2. The fraction of sp³-hybridized carbons (Fsp3) is 0.920. The molecule has 1 N–H and O–H groups in total. The molecule has 0 rings (SSSR count). The number of ether oxygens (including phenoxy) is 2. The summed E-state index contributed by atoms with van der Waals surface area (Å²) in [5, 5.41) is 0. The summed E-state index contributed by atoms with van der Waals surface area (Å²) in [4.78, 5) is 24.5. The summed E-state index contributed by atoms with van der Waals surface area (Å²) in [6.45, 7) is 5.59. The van der Waals surface area contributed by atoms with Crippen LogP contribution >= 0.6 is 0 Å². The van der Waals surface area contributed by atoms with Gasteiger partial charge in [0, 0.05) is 0 Å². The van der Waals surface area contributed by atoms with Crippen LogP contribution in [0.4, 0.5) is 0 Å². The van der Waals surface area contributed by atoms with Gasteiger partial charge < -0.3 is 9.47 Å². The van der Waals surface area contributed by atoms with Crippen LogP contribution in [-0.4, -0.2) is 42.9 Å². The molecule has 8 heteroatoms. The molecule has 0 heterocycles. The number of rotatable bonds is 22. The predicted molar refractivity (Wildman–Crippen MR) is 132 cm³/mol. The third-order valence-corrected chi connectivity index (χ3v) is 7.42. The molecule has 0 aliphatic carbocycles. The third kappa shape index (κ3) is 15.4. The van der Waals surface area contributed by atoms with Gasteiger partial charge in [-0.05, 0) is 19.8 Å². The van der Waals surface area contributed by atoms with Crippen molar-refractivity contribution in [2.45, 2.75) is 135 Å². The normalized spacial score (nSPS) is 13.5. The minimum absolute atomic E-state index is 0.0617. The Morgan fingerprint density at radius 3 is 1.42 bits per heavy atom. The minimum Gasteiger partial charge on any atom is -0.466 e. The molecule has 0 saturated carbocycles. The lowest BCUT2D eigenvalue weighted by Crippen LogP contribution is -2.46. The Hall–Kier alpha value is -1.15.